The third-order valence-electron chi connectivity index (χ3n) is 2.51. The lowest BCUT2D eigenvalue weighted by atomic mass is 10.3. The molecule has 1 aromatic heterocycles. The molecule has 7 nitrogen and oxygen atoms in total. The maximum Gasteiger partial charge on any atom is 0.387 e. The van der Waals surface area contributed by atoms with Crippen molar-refractivity contribution >= 4 is 17.6 Å². The molecule has 0 unspecified atom stereocenters. The number of nitrogens with zero attached hydrogens (tertiary/aromatic N) is 2. The van der Waals surface area contributed by atoms with E-state index in [1.165, 1.54) is 36.5 Å². The van der Waals surface area contributed by atoms with Gasteiger partial charge in [0.05, 0.1) is 0 Å². The van der Waals surface area contributed by atoms with Gasteiger partial charge in [0.2, 0.25) is 0 Å². The molecule has 0 spiro atoms. The number of ether oxygens (including phenoxy) is 1. The number of carbonyl (C=O) groups excluding carboxylic acids is 1. The Hall–Kier alpha value is -2.97. The summed E-state index contributed by atoms with van der Waals surface area (Å²) < 4.78 is 29.3. The lowest BCUT2D eigenvalue weighted by molar-refractivity contribution is -0.137. The Kier molecular flexibility index (Phi) is 4.66. The van der Waals surface area contributed by atoms with Crippen LogP contribution in [0.15, 0.2) is 36.5 Å². The number of nitrogens with one attached hydrogen (secondary N) is 1. The Bertz CT molecular complexity index is 670. The highest BCUT2D eigenvalue weighted by atomic mass is 19.3. The molecule has 0 radical (unpaired) electrons. The van der Waals surface area contributed by atoms with Crippen LogP contribution in [-0.4, -0.2) is 33.4 Å². The summed E-state index contributed by atoms with van der Waals surface area (Å²) in [7, 11) is 0. The van der Waals surface area contributed by atoms with Gasteiger partial charge in [-0.25, -0.2) is 0 Å². The molecule has 1 heterocycles. The SMILES string of the molecule is O=C(O)Cn1ccc(C(=O)Nc2ccc(OC(F)F)cc2)n1. The van der Waals surface area contributed by atoms with E-state index >= 15 is 0 Å². The monoisotopic (exact) mass is 311 g/mol. The number of hydrogen-bond acceptors (Lipinski definition) is 4. The fourth-order valence-corrected chi connectivity index (χ4v) is 1.62. The molecule has 2 aromatic rings. The van der Waals surface area contributed by atoms with E-state index in [1.807, 2.05) is 0 Å². The van der Waals surface area contributed by atoms with Gasteiger partial charge in [-0.3, -0.25) is 14.3 Å². The molecule has 2 rings (SSSR count). The number of aliphatic carboxylic acids is 1. The van der Waals surface area contributed by atoms with Crippen LogP contribution in [0.4, 0.5) is 14.5 Å². The van der Waals surface area contributed by atoms with Crippen LogP contribution in [0.1, 0.15) is 10.5 Å². The van der Waals surface area contributed by atoms with Crippen molar-refractivity contribution in [2.45, 2.75) is 13.2 Å². The van der Waals surface area contributed by atoms with Crippen LogP contribution in [0.3, 0.4) is 0 Å². The second kappa shape index (κ2) is 6.66. The first-order valence-electron chi connectivity index (χ1n) is 6.05. The number of amides is 1. The number of carbonyl (C=O) groups is 2. The predicted octanol–water partition coefficient (Wildman–Crippen LogP) is 1.82. The van der Waals surface area contributed by atoms with Crippen LogP contribution in [0.5, 0.6) is 5.75 Å². The summed E-state index contributed by atoms with van der Waals surface area (Å²) in [6.07, 6.45) is 1.36. The zero-order valence-electron chi connectivity index (χ0n) is 11.1. The van der Waals surface area contributed by atoms with Gasteiger partial charge in [-0.15, -0.1) is 0 Å². The van der Waals surface area contributed by atoms with Crippen LogP contribution in [0.25, 0.3) is 0 Å². The zero-order valence-corrected chi connectivity index (χ0v) is 11.1. The topological polar surface area (TPSA) is 93.5 Å². The van der Waals surface area contributed by atoms with Gasteiger partial charge in [-0.2, -0.15) is 13.9 Å². The van der Waals surface area contributed by atoms with Gasteiger partial charge in [-0.1, -0.05) is 0 Å². The smallest absolute Gasteiger partial charge is 0.387 e. The summed E-state index contributed by atoms with van der Waals surface area (Å²) in [5, 5.41) is 14.9. The molecule has 1 aromatic carbocycles. The van der Waals surface area contributed by atoms with Crippen LogP contribution in [-0.2, 0) is 11.3 Å². The minimum Gasteiger partial charge on any atom is -0.480 e. The average Bonchev–Trinajstić information content (AvgIpc) is 2.88. The molecular formula is C13H11F2N3O4. The van der Waals surface area contributed by atoms with Gasteiger partial charge in [0, 0.05) is 11.9 Å². The third kappa shape index (κ3) is 4.27. The standard InChI is InChI=1S/C13H11F2N3O4/c14-13(15)22-9-3-1-8(2-4-9)16-12(21)10-5-6-18(17-10)7-11(19)20/h1-6,13H,7H2,(H,16,21)(H,19,20). The lowest BCUT2D eigenvalue weighted by Crippen LogP contribution is -2.15. The van der Waals surface area contributed by atoms with Crippen molar-refractivity contribution in [3.8, 4) is 5.75 Å². The first kappa shape index (κ1) is 15.4. The fourth-order valence-electron chi connectivity index (χ4n) is 1.62. The second-order valence-electron chi connectivity index (χ2n) is 4.15. The highest BCUT2D eigenvalue weighted by Gasteiger charge is 2.11. The minimum atomic E-state index is -2.92. The first-order chi connectivity index (χ1) is 10.4. The van der Waals surface area contributed by atoms with Crippen molar-refractivity contribution in [3.63, 3.8) is 0 Å². The molecule has 1 amide bonds. The molecule has 0 saturated carbocycles. The summed E-state index contributed by atoms with van der Waals surface area (Å²) in [6.45, 7) is -3.27. The van der Waals surface area contributed by atoms with Crippen molar-refractivity contribution in [1.29, 1.82) is 0 Å². The molecule has 0 aliphatic carbocycles. The number of benzene rings is 1. The van der Waals surface area contributed by atoms with Crippen molar-refractivity contribution in [1.82, 2.24) is 9.78 Å². The van der Waals surface area contributed by atoms with E-state index in [4.69, 9.17) is 5.11 Å². The lowest BCUT2D eigenvalue weighted by Gasteiger charge is -2.06. The Morgan fingerprint density at radius 2 is 1.95 bits per heavy atom. The third-order valence-corrected chi connectivity index (χ3v) is 2.51. The summed E-state index contributed by atoms with van der Waals surface area (Å²) in [5.74, 6) is -1.66. The Balaban J connectivity index is 1.99. The van der Waals surface area contributed by atoms with E-state index in [0.29, 0.717) is 5.69 Å². The molecular weight excluding hydrogens is 300 g/mol. The minimum absolute atomic E-state index is 0.0289. The fraction of sp³-hybridized carbons (Fsp3) is 0.154. The number of anilines is 1. The van der Waals surface area contributed by atoms with E-state index in [2.05, 4.69) is 15.2 Å². The van der Waals surface area contributed by atoms with Gasteiger partial charge in [0.15, 0.2) is 5.69 Å². The number of halogens is 2. The largest absolute Gasteiger partial charge is 0.480 e. The molecule has 0 aliphatic rings. The van der Waals surface area contributed by atoms with E-state index in [0.717, 1.165) is 4.68 Å². The van der Waals surface area contributed by atoms with Crippen molar-refractivity contribution in [3.05, 3.63) is 42.2 Å². The van der Waals surface area contributed by atoms with E-state index in [1.54, 1.807) is 0 Å². The molecule has 0 atom stereocenters. The maximum atomic E-state index is 12.0. The van der Waals surface area contributed by atoms with Gasteiger partial charge in [-0.05, 0) is 30.3 Å². The van der Waals surface area contributed by atoms with E-state index < -0.39 is 18.5 Å². The summed E-state index contributed by atoms with van der Waals surface area (Å²) in [4.78, 5) is 22.4. The van der Waals surface area contributed by atoms with Gasteiger partial charge >= 0.3 is 12.6 Å². The molecule has 9 heteroatoms. The summed E-state index contributed by atoms with van der Waals surface area (Å²) >= 11 is 0. The van der Waals surface area contributed by atoms with Crippen molar-refractivity contribution < 1.29 is 28.2 Å². The van der Waals surface area contributed by atoms with Crippen LogP contribution in [0, 0.1) is 0 Å². The molecule has 0 fully saturated rings. The number of hydrogen-bond donors (Lipinski definition) is 2. The zero-order chi connectivity index (χ0) is 16.1. The number of alkyl halides is 2. The Labute approximate surface area is 123 Å². The molecule has 116 valence electrons. The summed E-state index contributed by atoms with van der Waals surface area (Å²) in [6, 6.07) is 6.72. The second-order valence-corrected chi connectivity index (χ2v) is 4.15. The quantitative estimate of drug-likeness (QED) is 0.849. The molecule has 0 aliphatic heterocycles. The van der Waals surface area contributed by atoms with Gasteiger partial charge in [0.1, 0.15) is 12.3 Å². The predicted molar refractivity (Wildman–Crippen MR) is 70.9 cm³/mol. The van der Waals surface area contributed by atoms with Gasteiger partial charge < -0.3 is 15.2 Å². The Morgan fingerprint density at radius 1 is 1.27 bits per heavy atom. The van der Waals surface area contributed by atoms with Gasteiger partial charge in [0.25, 0.3) is 5.91 Å². The Morgan fingerprint density at radius 3 is 2.55 bits per heavy atom. The van der Waals surface area contributed by atoms with Crippen LogP contribution in [0.2, 0.25) is 0 Å². The van der Waals surface area contributed by atoms with E-state index in [9.17, 15) is 18.4 Å². The van der Waals surface area contributed by atoms with Crippen molar-refractivity contribution in [2.24, 2.45) is 0 Å². The van der Waals surface area contributed by atoms with Crippen LogP contribution >= 0.6 is 0 Å². The average molecular weight is 311 g/mol. The highest BCUT2D eigenvalue weighted by molar-refractivity contribution is 6.02. The summed E-state index contributed by atoms with van der Waals surface area (Å²) in [5.41, 5.74) is 0.397. The number of carboxylic acid groups (broad SMARTS) is 1. The first-order valence-corrected chi connectivity index (χ1v) is 6.05. The molecule has 22 heavy (non-hydrogen) atoms. The maximum absolute atomic E-state index is 12.0. The number of carboxylic acids is 1. The number of rotatable bonds is 6. The number of aromatic nitrogens is 2. The molecule has 2 N–H and O–H groups in total. The molecule has 0 bridgehead atoms. The van der Waals surface area contributed by atoms with E-state index in [-0.39, 0.29) is 18.0 Å². The van der Waals surface area contributed by atoms with Crippen molar-refractivity contribution in [2.75, 3.05) is 5.32 Å². The normalized spacial score (nSPS) is 10.5. The highest BCUT2D eigenvalue weighted by Crippen LogP contribution is 2.18. The van der Waals surface area contributed by atoms with Crippen LogP contribution < -0.4 is 10.1 Å². The molecule has 0 saturated heterocycles.